The highest BCUT2D eigenvalue weighted by Gasteiger charge is 2.24. The molecule has 0 aliphatic carbocycles. The average molecular weight is 314 g/mol. The number of carbonyl (C=O) groups excluding carboxylic acids is 1. The Kier molecular flexibility index (Phi) is 4.55. The maximum absolute atomic E-state index is 13.1. The Morgan fingerprint density at radius 3 is 2.70 bits per heavy atom. The van der Waals surface area contributed by atoms with Crippen molar-refractivity contribution in [1.29, 1.82) is 5.26 Å². The SMILES string of the molecule is CC(C)(C)c1cc(C(=O)/C(C#N)=N/Nc2cccc(F)c2)no1. The smallest absolute Gasteiger partial charge is 0.245 e. The zero-order chi connectivity index (χ0) is 17.0. The molecule has 0 aliphatic heterocycles. The van der Waals surface area contributed by atoms with Gasteiger partial charge in [-0.3, -0.25) is 10.2 Å². The molecule has 1 N–H and O–H groups in total. The number of nitrogens with zero attached hydrogens (tertiary/aromatic N) is 3. The van der Waals surface area contributed by atoms with Crippen molar-refractivity contribution in [3.8, 4) is 6.07 Å². The maximum atomic E-state index is 13.1. The molecule has 0 fully saturated rings. The van der Waals surface area contributed by atoms with Crippen LogP contribution in [-0.4, -0.2) is 16.7 Å². The van der Waals surface area contributed by atoms with Gasteiger partial charge in [-0.15, -0.1) is 0 Å². The molecule has 0 spiro atoms. The number of anilines is 1. The van der Waals surface area contributed by atoms with Gasteiger partial charge in [0.2, 0.25) is 11.5 Å². The Morgan fingerprint density at radius 1 is 1.39 bits per heavy atom. The molecule has 6 nitrogen and oxygen atoms in total. The van der Waals surface area contributed by atoms with E-state index in [0.29, 0.717) is 11.4 Å². The minimum atomic E-state index is -0.671. The van der Waals surface area contributed by atoms with Crippen LogP contribution in [0.5, 0.6) is 0 Å². The highest BCUT2D eigenvalue weighted by Crippen LogP contribution is 2.22. The van der Waals surface area contributed by atoms with Crippen molar-refractivity contribution in [2.45, 2.75) is 26.2 Å². The van der Waals surface area contributed by atoms with Gasteiger partial charge in [-0.05, 0) is 18.2 Å². The summed E-state index contributed by atoms with van der Waals surface area (Å²) >= 11 is 0. The third-order valence-electron chi connectivity index (χ3n) is 2.92. The molecule has 0 unspecified atom stereocenters. The summed E-state index contributed by atoms with van der Waals surface area (Å²) in [5, 5.41) is 16.5. The first-order valence-corrected chi connectivity index (χ1v) is 6.82. The minimum Gasteiger partial charge on any atom is -0.360 e. The molecule has 0 bridgehead atoms. The normalized spacial score (nSPS) is 11.9. The number of ketones is 1. The van der Waals surface area contributed by atoms with Crippen molar-refractivity contribution in [3.05, 3.63) is 47.6 Å². The Bertz CT molecular complexity index is 797. The predicted octanol–water partition coefficient (Wildman–Crippen LogP) is 3.29. The summed E-state index contributed by atoms with van der Waals surface area (Å²) in [6.07, 6.45) is 0. The van der Waals surface area contributed by atoms with Crippen LogP contribution >= 0.6 is 0 Å². The summed E-state index contributed by atoms with van der Waals surface area (Å²) in [5.74, 6) is -0.603. The molecule has 0 saturated heterocycles. The number of hydrazone groups is 1. The molecule has 7 heteroatoms. The fourth-order valence-electron chi connectivity index (χ4n) is 1.66. The number of Topliss-reactive ketones (excluding diaryl/α,β-unsaturated/α-hetero) is 1. The highest BCUT2D eigenvalue weighted by molar-refractivity contribution is 6.51. The molecule has 118 valence electrons. The monoisotopic (exact) mass is 314 g/mol. The van der Waals surface area contributed by atoms with E-state index in [1.807, 2.05) is 20.8 Å². The Balaban J connectivity index is 2.20. The van der Waals surface area contributed by atoms with Gasteiger partial charge >= 0.3 is 0 Å². The van der Waals surface area contributed by atoms with Gasteiger partial charge in [0.1, 0.15) is 17.6 Å². The molecule has 2 rings (SSSR count). The third-order valence-corrected chi connectivity index (χ3v) is 2.92. The van der Waals surface area contributed by atoms with Gasteiger partial charge in [0.25, 0.3) is 0 Å². The molecular formula is C16H15FN4O2. The number of carbonyl (C=O) groups is 1. The zero-order valence-electron chi connectivity index (χ0n) is 12.9. The van der Waals surface area contributed by atoms with Gasteiger partial charge in [0, 0.05) is 11.5 Å². The van der Waals surface area contributed by atoms with Crippen LogP contribution in [0.15, 0.2) is 40.0 Å². The van der Waals surface area contributed by atoms with Crippen molar-refractivity contribution in [2.75, 3.05) is 5.43 Å². The van der Waals surface area contributed by atoms with E-state index in [0.717, 1.165) is 0 Å². The van der Waals surface area contributed by atoms with Gasteiger partial charge in [-0.25, -0.2) is 4.39 Å². The molecular weight excluding hydrogens is 299 g/mol. The van der Waals surface area contributed by atoms with Gasteiger partial charge in [0.15, 0.2) is 5.69 Å². The fourth-order valence-corrected chi connectivity index (χ4v) is 1.66. The van der Waals surface area contributed by atoms with Crippen molar-refractivity contribution >= 4 is 17.2 Å². The van der Waals surface area contributed by atoms with Crippen LogP contribution in [0.3, 0.4) is 0 Å². The summed E-state index contributed by atoms with van der Waals surface area (Å²) in [4.78, 5) is 12.2. The Labute approximate surface area is 132 Å². The van der Waals surface area contributed by atoms with Gasteiger partial charge in [-0.1, -0.05) is 32.0 Å². The second kappa shape index (κ2) is 6.40. The van der Waals surface area contributed by atoms with E-state index >= 15 is 0 Å². The molecule has 1 aromatic heterocycles. The van der Waals surface area contributed by atoms with Crippen molar-refractivity contribution in [1.82, 2.24) is 5.16 Å². The van der Waals surface area contributed by atoms with Crippen LogP contribution in [0.2, 0.25) is 0 Å². The van der Waals surface area contributed by atoms with E-state index in [1.165, 1.54) is 24.3 Å². The Morgan fingerprint density at radius 2 is 2.13 bits per heavy atom. The quantitative estimate of drug-likeness (QED) is 0.531. The van der Waals surface area contributed by atoms with E-state index in [2.05, 4.69) is 15.7 Å². The van der Waals surface area contributed by atoms with Crippen LogP contribution in [0.1, 0.15) is 37.0 Å². The van der Waals surface area contributed by atoms with Crippen LogP contribution in [-0.2, 0) is 5.41 Å². The van der Waals surface area contributed by atoms with E-state index in [1.54, 1.807) is 12.1 Å². The van der Waals surface area contributed by atoms with E-state index in [-0.39, 0.29) is 11.1 Å². The van der Waals surface area contributed by atoms with Crippen LogP contribution in [0, 0.1) is 17.1 Å². The van der Waals surface area contributed by atoms with Crippen molar-refractivity contribution in [2.24, 2.45) is 5.10 Å². The number of rotatable bonds is 4. The Hall–Kier alpha value is -3.01. The van der Waals surface area contributed by atoms with Gasteiger partial charge < -0.3 is 4.52 Å². The number of benzene rings is 1. The number of halogens is 1. The molecule has 0 atom stereocenters. The molecule has 0 amide bonds. The van der Waals surface area contributed by atoms with Crippen molar-refractivity contribution in [3.63, 3.8) is 0 Å². The standard InChI is InChI=1S/C16H15FN4O2/c1-16(2,3)14-8-12(21-23-14)15(22)13(9-18)20-19-11-6-4-5-10(17)7-11/h4-8,19H,1-3H3/b20-13+. The number of nitrogens with one attached hydrogen (secondary N) is 1. The minimum absolute atomic E-state index is 0.00346. The lowest BCUT2D eigenvalue weighted by atomic mass is 9.93. The first-order chi connectivity index (χ1) is 10.8. The predicted molar refractivity (Wildman–Crippen MR) is 82.6 cm³/mol. The lowest BCUT2D eigenvalue weighted by Crippen LogP contribution is -2.15. The first kappa shape index (κ1) is 16.4. The maximum Gasteiger partial charge on any atom is 0.245 e. The largest absolute Gasteiger partial charge is 0.360 e. The van der Waals surface area contributed by atoms with Gasteiger partial charge in [0.05, 0.1) is 5.69 Å². The molecule has 0 aliphatic rings. The molecule has 1 aromatic carbocycles. The second-order valence-electron chi connectivity index (χ2n) is 5.85. The van der Waals surface area contributed by atoms with Crippen molar-refractivity contribution < 1.29 is 13.7 Å². The van der Waals surface area contributed by atoms with Crippen LogP contribution < -0.4 is 5.43 Å². The fraction of sp³-hybridized carbons (Fsp3) is 0.250. The topological polar surface area (TPSA) is 91.3 Å². The number of nitriles is 1. The lowest BCUT2D eigenvalue weighted by Gasteiger charge is -2.11. The van der Waals surface area contributed by atoms with Crippen LogP contribution in [0.25, 0.3) is 0 Å². The lowest BCUT2D eigenvalue weighted by molar-refractivity contribution is 0.105. The summed E-state index contributed by atoms with van der Waals surface area (Å²) in [6.45, 7) is 5.73. The molecule has 23 heavy (non-hydrogen) atoms. The summed E-state index contributed by atoms with van der Waals surface area (Å²) in [5.41, 5.74) is 2.08. The average Bonchev–Trinajstić information content (AvgIpc) is 2.97. The van der Waals surface area contributed by atoms with Gasteiger partial charge in [-0.2, -0.15) is 10.4 Å². The number of hydrogen-bond acceptors (Lipinski definition) is 6. The molecule has 0 radical (unpaired) electrons. The summed E-state index contributed by atoms with van der Waals surface area (Å²) < 4.78 is 18.2. The highest BCUT2D eigenvalue weighted by atomic mass is 19.1. The summed E-state index contributed by atoms with van der Waals surface area (Å²) in [7, 11) is 0. The number of aromatic nitrogens is 1. The zero-order valence-corrected chi connectivity index (χ0v) is 12.9. The molecule has 1 heterocycles. The van der Waals surface area contributed by atoms with Crippen LogP contribution in [0.4, 0.5) is 10.1 Å². The summed E-state index contributed by atoms with van der Waals surface area (Å²) in [6, 6.07) is 8.68. The third kappa shape index (κ3) is 4.01. The van der Waals surface area contributed by atoms with E-state index in [4.69, 9.17) is 9.78 Å². The second-order valence-corrected chi connectivity index (χ2v) is 5.85. The molecule has 2 aromatic rings. The molecule has 0 saturated carbocycles. The van der Waals surface area contributed by atoms with E-state index in [9.17, 15) is 9.18 Å². The first-order valence-electron chi connectivity index (χ1n) is 6.82. The van der Waals surface area contributed by atoms with E-state index < -0.39 is 17.3 Å². The number of hydrogen-bond donors (Lipinski definition) is 1.